The minimum atomic E-state index is -0.464. The van der Waals surface area contributed by atoms with E-state index in [1.165, 1.54) is 6.07 Å². The Morgan fingerprint density at radius 3 is 2.19 bits per heavy atom. The molecule has 31 heavy (non-hydrogen) atoms. The predicted octanol–water partition coefficient (Wildman–Crippen LogP) is 5.35. The molecular weight excluding hydrogens is 393 g/mol. The molecule has 3 N–H and O–H groups in total. The van der Waals surface area contributed by atoms with Crippen molar-refractivity contribution in [2.75, 3.05) is 10.6 Å². The molecule has 4 rings (SSSR count). The summed E-state index contributed by atoms with van der Waals surface area (Å²) in [5, 5.41) is 8.58. The number of anilines is 3. The maximum atomic E-state index is 13.7. The molecule has 0 fully saturated rings. The van der Waals surface area contributed by atoms with Gasteiger partial charge >= 0.3 is 6.03 Å². The Morgan fingerprint density at radius 2 is 1.45 bits per heavy atom. The first kappa shape index (κ1) is 20.0. The molecular formula is C24H20FN5O. The number of nitrogens with zero attached hydrogens (tertiary/aromatic N) is 2. The van der Waals surface area contributed by atoms with Crippen LogP contribution in [0.1, 0.15) is 5.56 Å². The van der Waals surface area contributed by atoms with Crippen molar-refractivity contribution >= 4 is 23.4 Å². The van der Waals surface area contributed by atoms with Crippen LogP contribution in [0.2, 0.25) is 0 Å². The van der Waals surface area contributed by atoms with Crippen LogP contribution in [0, 0.1) is 5.82 Å². The number of nitrogens with one attached hydrogen (secondary N) is 3. The smallest absolute Gasteiger partial charge is 0.320 e. The fourth-order valence-corrected chi connectivity index (χ4v) is 3.00. The van der Waals surface area contributed by atoms with Gasteiger partial charge in [0, 0.05) is 30.2 Å². The Morgan fingerprint density at radius 1 is 0.806 bits per heavy atom. The SMILES string of the molecule is O=C(NCc1ccccc1F)Nc1cc(-c2ccnc(Nc3ccccc3)c2)ccn1. The van der Waals surface area contributed by atoms with Crippen molar-refractivity contribution in [3.05, 3.63) is 103 Å². The van der Waals surface area contributed by atoms with Crippen LogP contribution in [0.5, 0.6) is 0 Å². The molecule has 2 aromatic carbocycles. The number of halogens is 1. The number of hydrogen-bond donors (Lipinski definition) is 3. The van der Waals surface area contributed by atoms with Gasteiger partial charge in [-0.3, -0.25) is 5.32 Å². The van der Waals surface area contributed by atoms with E-state index in [1.54, 1.807) is 36.7 Å². The van der Waals surface area contributed by atoms with Gasteiger partial charge in [-0.05, 0) is 53.6 Å². The maximum absolute atomic E-state index is 13.7. The third-order valence-electron chi connectivity index (χ3n) is 4.54. The number of aromatic nitrogens is 2. The predicted molar refractivity (Wildman–Crippen MR) is 119 cm³/mol. The van der Waals surface area contributed by atoms with Gasteiger partial charge < -0.3 is 10.6 Å². The highest BCUT2D eigenvalue weighted by Crippen LogP contribution is 2.24. The Kier molecular flexibility index (Phi) is 6.13. The number of rotatable bonds is 6. The van der Waals surface area contributed by atoms with Crippen molar-refractivity contribution in [3.63, 3.8) is 0 Å². The van der Waals surface area contributed by atoms with E-state index in [1.807, 2.05) is 48.5 Å². The zero-order chi connectivity index (χ0) is 21.5. The highest BCUT2D eigenvalue weighted by atomic mass is 19.1. The number of para-hydroxylation sites is 1. The number of carbonyl (C=O) groups is 1. The summed E-state index contributed by atoms with van der Waals surface area (Å²) in [5.74, 6) is 0.732. The Labute approximate surface area is 179 Å². The first-order chi connectivity index (χ1) is 15.2. The number of hydrogen-bond acceptors (Lipinski definition) is 4. The zero-order valence-electron chi connectivity index (χ0n) is 16.5. The molecule has 0 bridgehead atoms. The van der Waals surface area contributed by atoms with Crippen molar-refractivity contribution in [2.24, 2.45) is 0 Å². The topological polar surface area (TPSA) is 78.9 Å². The van der Waals surface area contributed by atoms with Crippen molar-refractivity contribution < 1.29 is 9.18 Å². The number of pyridine rings is 2. The second-order valence-electron chi connectivity index (χ2n) is 6.75. The van der Waals surface area contributed by atoms with E-state index >= 15 is 0 Å². The Balaban J connectivity index is 1.43. The minimum absolute atomic E-state index is 0.0804. The van der Waals surface area contributed by atoms with E-state index in [-0.39, 0.29) is 12.4 Å². The fourth-order valence-electron chi connectivity index (χ4n) is 3.00. The molecule has 0 saturated heterocycles. The minimum Gasteiger partial charge on any atom is -0.340 e. The van der Waals surface area contributed by atoms with Gasteiger partial charge in [-0.25, -0.2) is 19.2 Å². The summed E-state index contributed by atoms with van der Waals surface area (Å²) in [5.41, 5.74) is 3.15. The number of carbonyl (C=O) groups excluding carboxylic acids is 1. The highest BCUT2D eigenvalue weighted by Gasteiger charge is 2.07. The van der Waals surface area contributed by atoms with E-state index in [9.17, 15) is 9.18 Å². The molecule has 7 heteroatoms. The molecule has 0 aliphatic rings. The van der Waals surface area contributed by atoms with Crippen molar-refractivity contribution in [2.45, 2.75) is 6.54 Å². The Bertz CT molecular complexity index is 1180. The van der Waals surface area contributed by atoms with E-state index in [0.29, 0.717) is 17.2 Å². The average molecular weight is 413 g/mol. The molecule has 0 aliphatic heterocycles. The molecule has 154 valence electrons. The van der Waals surface area contributed by atoms with Gasteiger partial charge in [-0.1, -0.05) is 36.4 Å². The first-order valence-electron chi connectivity index (χ1n) is 9.70. The molecule has 0 atom stereocenters. The lowest BCUT2D eigenvalue weighted by atomic mass is 10.1. The Hall–Kier alpha value is -4.26. The third-order valence-corrected chi connectivity index (χ3v) is 4.54. The van der Waals surface area contributed by atoms with Gasteiger partial charge in [-0.15, -0.1) is 0 Å². The van der Waals surface area contributed by atoms with Gasteiger partial charge in [0.05, 0.1) is 0 Å². The van der Waals surface area contributed by atoms with Crippen LogP contribution >= 0.6 is 0 Å². The van der Waals surface area contributed by atoms with Crippen LogP contribution in [-0.4, -0.2) is 16.0 Å². The average Bonchev–Trinajstić information content (AvgIpc) is 2.80. The quantitative estimate of drug-likeness (QED) is 0.398. The summed E-state index contributed by atoms with van der Waals surface area (Å²) in [4.78, 5) is 20.7. The highest BCUT2D eigenvalue weighted by molar-refractivity contribution is 5.89. The fraction of sp³-hybridized carbons (Fsp3) is 0.0417. The number of urea groups is 1. The van der Waals surface area contributed by atoms with Gasteiger partial charge in [0.15, 0.2) is 0 Å². The second-order valence-corrected chi connectivity index (χ2v) is 6.75. The van der Waals surface area contributed by atoms with Crippen LogP contribution in [0.3, 0.4) is 0 Å². The van der Waals surface area contributed by atoms with Gasteiger partial charge in [0.1, 0.15) is 17.5 Å². The van der Waals surface area contributed by atoms with Crippen LogP contribution < -0.4 is 16.0 Å². The number of amides is 2. The van der Waals surface area contributed by atoms with E-state index in [0.717, 1.165) is 16.8 Å². The monoisotopic (exact) mass is 413 g/mol. The van der Waals surface area contributed by atoms with Crippen LogP contribution in [-0.2, 0) is 6.54 Å². The van der Waals surface area contributed by atoms with Crippen LogP contribution in [0.15, 0.2) is 91.3 Å². The standard InChI is InChI=1S/C24H20FN5O/c25-21-9-5-4-6-19(21)16-28-24(31)30-23-15-18(11-13-27-23)17-10-12-26-22(14-17)29-20-7-2-1-3-8-20/h1-15H,16H2,(H,26,29)(H2,27,28,30,31). The summed E-state index contributed by atoms with van der Waals surface area (Å²) < 4.78 is 13.7. The molecule has 2 heterocycles. The van der Waals surface area contributed by atoms with E-state index < -0.39 is 6.03 Å². The van der Waals surface area contributed by atoms with E-state index in [4.69, 9.17) is 0 Å². The van der Waals surface area contributed by atoms with Crippen LogP contribution in [0.4, 0.5) is 26.5 Å². The van der Waals surface area contributed by atoms with Gasteiger partial charge in [0.25, 0.3) is 0 Å². The lowest BCUT2D eigenvalue weighted by Gasteiger charge is -2.10. The zero-order valence-corrected chi connectivity index (χ0v) is 16.5. The summed E-state index contributed by atoms with van der Waals surface area (Å²) in [6.45, 7) is 0.0804. The molecule has 0 saturated carbocycles. The molecule has 0 aliphatic carbocycles. The van der Waals surface area contributed by atoms with Crippen molar-refractivity contribution in [1.82, 2.24) is 15.3 Å². The van der Waals surface area contributed by atoms with Gasteiger partial charge in [0.2, 0.25) is 0 Å². The molecule has 2 aromatic heterocycles. The molecule has 0 radical (unpaired) electrons. The van der Waals surface area contributed by atoms with E-state index in [2.05, 4.69) is 25.9 Å². The van der Waals surface area contributed by atoms with Crippen LogP contribution in [0.25, 0.3) is 11.1 Å². The summed E-state index contributed by atoms with van der Waals surface area (Å²) >= 11 is 0. The van der Waals surface area contributed by atoms with Crippen molar-refractivity contribution in [3.8, 4) is 11.1 Å². The lowest BCUT2D eigenvalue weighted by Crippen LogP contribution is -2.28. The van der Waals surface area contributed by atoms with Gasteiger partial charge in [-0.2, -0.15) is 0 Å². The maximum Gasteiger partial charge on any atom is 0.320 e. The normalized spacial score (nSPS) is 10.4. The number of benzene rings is 2. The molecule has 0 unspecified atom stereocenters. The molecule has 4 aromatic rings. The molecule has 6 nitrogen and oxygen atoms in total. The lowest BCUT2D eigenvalue weighted by molar-refractivity contribution is 0.251. The second kappa shape index (κ2) is 9.49. The largest absolute Gasteiger partial charge is 0.340 e. The summed E-state index contributed by atoms with van der Waals surface area (Å²) in [7, 11) is 0. The molecule has 2 amide bonds. The summed E-state index contributed by atoms with van der Waals surface area (Å²) in [6.07, 6.45) is 3.34. The third kappa shape index (κ3) is 5.42. The molecule has 0 spiro atoms. The first-order valence-corrected chi connectivity index (χ1v) is 9.70. The summed E-state index contributed by atoms with van der Waals surface area (Å²) in [6, 6.07) is 23.0. The van der Waals surface area contributed by atoms with Crippen molar-refractivity contribution in [1.29, 1.82) is 0 Å².